The van der Waals surface area contributed by atoms with Gasteiger partial charge in [-0.1, -0.05) is 24.3 Å². The van der Waals surface area contributed by atoms with E-state index in [4.69, 9.17) is 0 Å². The lowest BCUT2D eigenvalue weighted by Gasteiger charge is -2.26. The first-order valence-corrected chi connectivity index (χ1v) is 10.5. The summed E-state index contributed by atoms with van der Waals surface area (Å²) in [6.45, 7) is 11.0. The number of thiophene rings is 1. The van der Waals surface area contributed by atoms with Gasteiger partial charge in [0.1, 0.15) is 0 Å². The molecule has 0 aliphatic carbocycles. The van der Waals surface area contributed by atoms with E-state index < -0.39 is 0 Å². The van der Waals surface area contributed by atoms with Crippen LogP contribution < -0.4 is 10.6 Å². The molecule has 0 saturated carbocycles. The van der Waals surface area contributed by atoms with Crippen molar-refractivity contribution in [2.45, 2.75) is 52.1 Å². The molecule has 2 aromatic heterocycles. The number of aromatic amines is 1. The van der Waals surface area contributed by atoms with Gasteiger partial charge in [0.25, 0.3) is 0 Å². The minimum Gasteiger partial charge on any atom is -0.372 e. The molecular formula is C23H28N4S. The van der Waals surface area contributed by atoms with E-state index in [1.807, 2.05) is 35.6 Å². The number of hydrogen-bond donors (Lipinski definition) is 3. The first-order chi connectivity index (χ1) is 13.2. The van der Waals surface area contributed by atoms with Crippen molar-refractivity contribution >= 4 is 43.4 Å². The number of hydrogen-bond acceptors (Lipinski definition) is 4. The molecule has 2 heterocycles. The van der Waals surface area contributed by atoms with Crippen LogP contribution in [-0.2, 0) is 6.42 Å². The Hall–Kier alpha value is -2.53. The maximum atomic E-state index is 4.65. The van der Waals surface area contributed by atoms with E-state index in [-0.39, 0.29) is 11.1 Å². The molecular weight excluding hydrogens is 364 g/mol. The predicted molar refractivity (Wildman–Crippen MR) is 123 cm³/mol. The number of H-pyrrole nitrogens is 1. The van der Waals surface area contributed by atoms with Gasteiger partial charge in [0.2, 0.25) is 5.95 Å². The Bertz CT molecular complexity index is 1080. The van der Waals surface area contributed by atoms with Crippen LogP contribution in [0.4, 0.5) is 10.9 Å². The van der Waals surface area contributed by atoms with Crippen LogP contribution in [0.3, 0.4) is 0 Å². The number of benzene rings is 2. The highest BCUT2D eigenvalue weighted by Crippen LogP contribution is 2.33. The first-order valence-electron chi connectivity index (χ1n) is 9.71. The Balaban J connectivity index is 1.52. The molecule has 3 N–H and O–H groups in total. The molecule has 0 atom stereocenters. The van der Waals surface area contributed by atoms with Crippen molar-refractivity contribution < 1.29 is 0 Å². The molecule has 4 aromatic rings. The third-order valence-corrected chi connectivity index (χ3v) is 5.60. The van der Waals surface area contributed by atoms with Crippen molar-refractivity contribution in [2.24, 2.45) is 0 Å². The molecule has 0 amide bonds. The highest BCUT2D eigenvalue weighted by Gasteiger charge is 2.20. The Labute approximate surface area is 170 Å². The number of aromatic nitrogens is 2. The second-order valence-corrected chi connectivity index (χ2v) is 10.2. The topological polar surface area (TPSA) is 52.7 Å². The second kappa shape index (κ2) is 6.82. The van der Waals surface area contributed by atoms with E-state index >= 15 is 0 Å². The van der Waals surface area contributed by atoms with Crippen LogP contribution in [0.15, 0.2) is 48.5 Å². The van der Waals surface area contributed by atoms with E-state index in [1.54, 1.807) is 0 Å². The fourth-order valence-corrected chi connectivity index (χ4v) is 4.67. The zero-order valence-corrected chi connectivity index (χ0v) is 18.0. The van der Waals surface area contributed by atoms with Crippen LogP contribution in [0, 0.1) is 0 Å². The smallest absolute Gasteiger partial charge is 0.201 e. The molecule has 0 unspecified atom stereocenters. The predicted octanol–water partition coefficient (Wildman–Crippen LogP) is 6.42. The number of anilines is 2. The number of para-hydroxylation sites is 2. The SMILES string of the molecule is CC(C)(C)Nc1cc2cc(CC(C)(C)Nc3nc4ccccc4[nH]3)ccc2s1. The quantitative estimate of drug-likeness (QED) is 0.367. The Morgan fingerprint density at radius 3 is 2.50 bits per heavy atom. The van der Waals surface area contributed by atoms with E-state index in [1.165, 1.54) is 20.7 Å². The number of nitrogens with one attached hydrogen (secondary N) is 3. The van der Waals surface area contributed by atoms with Gasteiger partial charge in [0, 0.05) is 15.8 Å². The molecule has 2 aromatic carbocycles. The first kappa shape index (κ1) is 18.8. The van der Waals surface area contributed by atoms with Gasteiger partial charge in [-0.05, 0) is 76.3 Å². The van der Waals surface area contributed by atoms with E-state index in [0.29, 0.717) is 0 Å². The van der Waals surface area contributed by atoms with E-state index in [9.17, 15) is 0 Å². The van der Waals surface area contributed by atoms with E-state index in [0.717, 1.165) is 23.4 Å². The Morgan fingerprint density at radius 1 is 0.964 bits per heavy atom. The van der Waals surface area contributed by atoms with Crippen LogP contribution in [0.25, 0.3) is 21.1 Å². The maximum Gasteiger partial charge on any atom is 0.201 e. The van der Waals surface area contributed by atoms with Crippen LogP contribution in [0.2, 0.25) is 0 Å². The molecule has 0 bridgehead atoms. The van der Waals surface area contributed by atoms with Gasteiger partial charge < -0.3 is 15.6 Å². The monoisotopic (exact) mass is 392 g/mol. The fourth-order valence-electron chi connectivity index (χ4n) is 3.52. The van der Waals surface area contributed by atoms with Gasteiger partial charge in [-0.3, -0.25) is 0 Å². The van der Waals surface area contributed by atoms with Gasteiger partial charge in [0.15, 0.2) is 0 Å². The summed E-state index contributed by atoms with van der Waals surface area (Å²) in [4.78, 5) is 8.02. The van der Waals surface area contributed by atoms with Crippen LogP contribution >= 0.6 is 11.3 Å². The van der Waals surface area contributed by atoms with Gasteiger partial charge in [-0.25, -0.2) is 4.98 Å². The molecule has 0 aliphatic rings. The fraction of sp³-hybridized carbons (Fsp3) is 0.348. The summed E-state index contributed by atoms with van der Waals surface area (Å²) in [7, 11) is 0. The summed E-state index contributed by atoms with van der Waals surface area (Å²) in [6.07, 6.45) is 0.915. The molecule has 0 aliphatic heterocycles. The lowest BCUT2D eigenvalue weighted by Crippen LogP contribution is -2.33. The van der Waals surface area contributed by atoms with Crippen molar-refractivity contribution in [1.29, 1.82) is 0 Å². The third kappa shape index (κ3) is 4.30. The van der Waals surface area contributed by atoms with E-state index in [2.05, 4.69) is 79.5 Å². The van der Waals surface area contributed by atoms with Crippen molar-refractivity contribution in [3.05, 3.63) is 54.1 Å². The number of imidazole rings is 1. The van der Waals surface area contributed by atoms with Crippen molar-refractivity contribution in [1.82, 2.24) is 9.97 Å². The molecule has 28 heavy (non-hydrogen) atoms. The average molecular weight is 393 g/mol. The summed E-state index contributed by atoms with van der Waals surface area (Å²) in [6, 6.07) is 17.1. The lowest BCUT2D eigenvalue weighted by atomic mass is 9.94. The van der Waals surface area contributed by atoms with Crippen LogP contribution in [0.1, 0.15) is 40.2 Å². The summed E-state index contributed by atoms with van der Waals surface area (Å²) >= 11 is 1.81. The standard InChI is InChI=1S/C23H28N4S/c1-22(2,3)26-20-13-16-12-15(10-11-19(16)28-20)14-23(4,5)27-21-24-17-8-6-7-9-18(17)25-21/h6-13,26H,14H2,1-5H3,(H2,24,25,27). The largest absolute Gasteiger partial charge is 0.372 e. The van der Waals surface area contributed by atoms with Crippen molar-refractivity contribution in [3.63, 3.8) is 0 Å². The molecule has 4 rings (SSSR count). The minimum absolute atomic E-state index is 0.0716. The van der Waals surface area contributed by atoms with Gasteiger partial charge >= 0.3 is 0 Å². The normalized spacial score (nSPS) is 12.6. The molecule has 5 heteroatoms. The summed E-state index contributed by atoms with van der Waals surface area (Å²) in [5.41, 5.74) is 3.31. The number of nitrogens with zero attached hydrogens (tertiary/aromatic N) is 1. The minimum atomic E-state index is -0.121. The highest BCUT2D eigenvalue weighted by atomic mass is 32.1. The number of fused-ring (bicyclic) bond motifs is 2. The van der Waals surface area contributed by atoms with Crippen molar-refractivity contribution in [2.75, 3.05) is 10.6 Å². The molecule has 0 spiro atoms. The molecule has 0 radical (unpaired) electrons. The van der Waals surface area contributed by atoms with Crippen LogP contribution in [0.5, 0.6) is 0 Å². The highest BCUT2D eigenvalue weighted by molar-refractivity contribution is 7.22. The average Bonchev–Trinajstić information content (AvgIpc) is 3.13. The molecule has 0 fully saturated rings. The summed E-state index contributed by atoms with van der Waals surface area (Å²) in [5, 5.41) is 9.66. The summed E-state index contributed by atoms with van der Waals surface area (Å²) < 4.78 is 1.32. The molecule has 0 saturated heterocycles. The number of rotatable bonds is 5. The Morgan fingerprint density at radius 2 is 1.75 bits per heavy atom. The zero-order chi connectivity index (χ0) is 19.9. The molecule has 4 nitrogen and oxygen atoms in total. The van der Waals surface area contributed by atoms with Gasteiger partial charge in [-0.2, -0.15) is 0 Å². The van der Waals surface area contributed by atoms with Gasteiger partial charge in [0.05, 0.1) is 16.0 Å². The zero-order valence-electron chi connectivity index (χ0n) is 17.2. The second-order valence-electron chi connectivity index (χ2n) is 9.15. The maximum absolute atomic E-state index is 4.65. The van der Waals surface area contributed by atoms with Crippen LogP contribution in [-0.4, -0.2) is 21.0 Å². The summed E-state index contributed by atoms with van der Waals surface area (Å²) in [5.74, 6) is 0.819. The van der Waals surface area contributed by atoms with Gasteiger partial charge in [-0.15, -0.1) is 11.3 Å². The Kier molecular flexibility index (Phi) is 4.58. The van der Waals surface area contributed by atoms with Crippen molar-refractivity contribution in [3.8, 4) is 0 Å². The lowest BCUT2D eigenvalue weighted by molar-refractivity contribution is 0.560. The molecule has 146 valence electrons. The third-order valence-electron chi connectivity index (χ3n) is 4.57.